The SMILES string of the molecule is ClNC1CCCC1Cc1ccc2ccccc2n1. The molecule has 3 heteroatoms. The van der Waals surface area contributed by atoms with E-state index in [0.717, 1.165) is 11.9 Å². The molecule has 0 radical (unpaired) electrons. The summed E-state index contributed by atoms with van der Waals surface area (Å²) in [5.41, 5.74) is 2.26. The standard InChI is InChI=1S/C15H17ClN2/c16-18-15-7-3-5-12(15)10-13-9-8-11-4-1-2-6-14(11)17-13/h1-2,4,6,8-9,12,15,18H,3,5,7,10H2. The summed E-state index contributed by atoms with van der Waals surface area (Å²) in [6, 6.07) is 13.0. The van der Waals surface area contributed by atoms with Crippen molar-refractivity contribution in [3.63, 3.8) is 0 Å². The molecule has 1 aliphatic rings. The second-order valence-corrected chi connectivity index (χ2v) is 5.32. The van der Waals surface area contributed by atoms with E-state index < -0.39 is 0 Å². The van der Waals surface area contributed by atoms with Gasteiger partial charge in [-0.1, -0.05) is 30.7 Å². The first kappa shape index (κ1) is 11.9. The molecular formula is C15H17ClN2. The van der Waals surface area contributed by atoms with Gasteiger partial charge in [-0.2, -0.15) is 0 Å². The molecule has 0 saturated heterocycles. The quantitative estimate of drug-likeness (QED) is 0.852. The Morgan fingerprint density at radius 2 is 2.06 bits per heavy atom. The third kappa shape index (κ3) is 2.36. The lowest BCUT2D eigenvalue weighted by atomic mass is 9.97. The third-order valence-electron chi connectivity index (χ3n) is 3.93. The molecule has 1 N–H and O–H groups in total. The highest BCUT2D eigenvalue weighted by Gasteiger charge is 2.26. The molecule has 94 valence electrons. The number of halogens is 1. The largest absolute Gasteiger partial charge is 0.253 e. The van der Waals surface area contributed by atoms with Gasteiger partial charge in [-0.05, 0) is 49.1 Å². The first-order chi connectivity index (χ1) is 8.86. The lowest BCUT2D eigenvalue weighted by molar-refractivity contribution is 0.451. The van der Waals surface area contributed by atoms with Gasteiger partial charge in [0.15, 0.2) is 0 Å². The molecule has 1 aromatic heterocycles. The minimum absolute atomic E-state index is 0.444. The molecule has 0 spiro atoms. The van der Waals surface area contributed by atoms with E-state index in [0.29, 0.717) is 12.0 Å². The Bertz CT molecular complexity index is 541. The van der Waals surface area contributed by atoms with Crippen LogP contribution in [0, 0.1) is 5.92 Å². The van der Waals surface area contributed by atoms with Gasteiger partial charge < -0.3 is 0 Å². The number of hydrogen-bond donors (Lipinski definition) is 1. The van der Waals surface area contributed by atoms with Gasteiger partial charge in [0.25, 0.3) is 0 Å². The maximum atomic E-state index is 5.79. The fraction of sp³-hybridized carbons (Fsp3) is 0.400. The zero-order valence-electron chi connectivity index (χ0n) is 10.3. The number of rotatable bonds is 3. The van der Waals surface area contributed by atoms with Gasteiger partial charge in [-0.25, -0.2) is 4.84 Å². The first-order valence-corrected chi connectivity index (χ1v) is 6.95. The van der Waals surface area contributed by atoms with Crippen molar-refractivity contribution in [3.05, 3.63) is 42.1 Å². The van der Waals surface area contributed by atoms with Crippen molar-refractivity contribution >= 4 is 22.7 Å². The number of fused-ring (bicyclic) bond motifs is 1. The van der Waals surface area contributed by atoms with Crippen LogP contribution in [0.3, 0.4) is 0 Å². The fourth-order valence-electron chi connectivity index (χ4n) is 2.92. The monoisotopic (exact) mass is 260 g/mol. The molecule has 1 fully saturated rings. The van der Waals surface area contributed by atoms with Crippen molar-refractivity contribution in [1.82, 2.24) is 9.82 Å². The summed E-state index contributed by atoms with van der Waals surface area (Å²) in [4.78, 5) is 7.65. The van der Waals surface area contributed by atoms with Crippen LogP contribution in [0.1, 0.15) is 25.0 Å². The van der Waals surface area contributed by atoms with E-state index in [1.165, 1.54) is 30.3 Å². The zero-order valence-corrected chi connectivity index (χ0v) is 11.0. The predicted molar refractivity (Wildman–Crippen MR) is 75.6 cm³/mol. The number of benzene rings is 1. The van der Waals surface area contributed by atoms with E-state index in [-0.39, 0.29) is 0 Å². The Kier molecular flexibility index (Phi) is 3.48. The number of nitrogens with one attached hydrogen (secondary N) is 1. The third-order valence-corrected chi connectivity index (χ3v) is 4.21. The van der Waals surface area contributed by atoms with Crippen molar-refractivity contribution in [3.8, 4) is 0 Å². The van der Waals surface area contributed by atoms with Gasteiger partial charge >= 0.3 is 0 Å². The smallest absolute Gasteiger partial charge is 0.0705 e. The topological polar surface area (TPSA) is 24.9 Å². The maximum absolute atomic E-state index is 5.79. The average molecular weight is 261 g/mol. The Morgan fingerprint density at radius 3 is 2.94 bits per heavy atom. The summed E-state index contributed by atoms with van der Waals surface area (Å²) in [5, 5.41) is 1.21. The van der Waals surface area contributed by atoms with E-state index in [4.69, 9.17) is 16.8 Å². The molecule has 2 atom stereocenters. The van der Waals surface area contributed by atoms with Crippen LogP contribution in [0.25, 0.3) is 10.9 Å². The lowest BCUT2D eigenvalue weighted by Crippen LogP contribution is -2.26. The number of pyridine rings is 1. The molecule has 2 aromatic rings. The summed E-state index contributed by atoms with van der Waals surface area (Å²) >= 11 is 5.79. The van der Waals surface area contributed by atoms with Crippen molar-refractivity contribution in [2.45, 2.75) is 31.7 Å². The van der Waals surface area contributed by atoms with Crippen LogP contribution < -0.4 is 4.84 Å². The summed E-state index contributed by atoms with van der Waals surface area (Å²) in [6.07, 6.45) is 4.72. The first-order valence-electron chi connectivity index (χ1n) is 6.57. The van der Waals surface area contributed by atoms with Crippen LogP contribution in [-0.4, -0.2) is 11.0 Å². The van der Waals surface area contributed by atoms with Crippen LogP contribution in [0.4, 0.5) is 0 Å². The molecule has 0 amide bonds. The summed E-state index contributed by atoms with van der Waals surface area (Å²) in [5.74, 6) is 0.621. The van der Waals surface area contributed by atoms with Crippen LogP contribution in [0.15, 0.2) is 36.4 Å². The van der Waals surface area contributed by atoms with Crippen molar-refractivity contribution in [2.75, 3.05) is 0 Å². The van der Waals surface area contributed by atoms with Crippen LogP contribution >= 0.6 is 11.8 Å². The highest BCUT2D eigenvalue weighted by Crippen LogP contribution is 2.29. The van der Waals surface area contributed by atoms with E-state index in [2.05, 4.69) is 29.1 Å². The number of nitrogens with zero attached hydrogens (tertiary/aromatic N) is 1. The molecule has 18 heavy (non-hydrogen) atoms. The summed E-state index contributed by atoms with van der Waals surface area (Å²) < 4.78 is 0. The highest BCUT2D eigenvalue weighted by atomic mass is 35.5. The molecule has 1 heterocycles. The highest BCUT2D eigenvalue weighted by molar-refractivity contribution is 6.13. The van der Waals surface area contributed by atoms with E-state index in [1.54, 1.807) is 0 Å². The Hall–Kier alpha value is -1.12. The summed E-state index contributed by atoms with van der Waals surface area (Å²) in [6.45, 7) is 0. The fourth-order valence-corrected chi connectivity index (χ4v) is 3.20. The Morgan fingerprint density at radius 1 is 1.17 bits per heavy atom. The molecule has 1 aliphatic carbocycles. The molecule has 0 bridgehead atoms. The molecule has 1 aromatic carbocycles. The van der Waals surface area contributed by atoms with Crippen LogP contribution in [0.2, 0.25) is 0 Å². The van der Waals surface area contributed by atoms with Gasteiger partial charge in [0.2, 0.25) is 0 Å². The minimum atomic E-state index is 0.444. The van der Waals surface area contributed by atoms with Gasteiger partial charge in [0.05, 0.1) is 5.52 Å². The molecule has 2 unspecified atom stereocenters. The van der Waals surface area contributed by atoms with Gasteiger partial charge in [-0.3, -0.25) is 4.98 Å². The van der Waals surface area contributed by atoms with Gasteiger partial charge in [-0.15, -0.1) is 0 Å². The van der Waals surface area contributed by atoms with Crippen molar-refractivity contribution in [2.24, 2.45) is 5.92 Å². The maximum Gasteiger partial charge on any atom is 0.0705 e. The lowest BCUT2D eigenvalue weighted by Gasteiger charge is -2.17. The van der Waals surface area contributed by atoms with Gasteiger partial charge in [0.1, 0.15) is 0 Å². The zero-order chi connectivity index (χ0) is 12.4. The average Bonchev–Trinajstić information content (AvgIpc) is 2.86. The molecule has 0 aliphatic heterocycles. The second-order valence-electron chi connectivity index (χ2n) is 5.11. The molecule has 3 rings (SSSR count). The normalized spacial score (nSPS) is 23.6. The molecular weight excluding hydrogens is 244 g/mol. The van der Waals surface area contributed by atoms with E-state index >= 15 is 0 Å². The van der Waals surface area contributed by atoms with Crippen molar-refractivity contribution in [1.29, 1.82) is 0 Å². The number of para-hydroxylation sites is 1. The van der Waals surface area contributed by atoms with E-state index in [9.17, 15) is 0 Å². The van der Waals surface area contributed by atoms with E-state index in [1.807, 2.05) is 12.1 Å². The van der Waals surface area contributed by atoms with Crippen LogP contribution in [-0.2, 0) is 6.42 Å². The van der Waals surface area contributed by atoms with Gasteiger partial charge in [0, 0.05) is 17.1 Å². The second kappa shape index (κ2) is 5.25. The minimum Gasteiger partial charge on any atom is -0.253 e. The number of hydrogen-bond acceptors (Lipinski definition) is 2. The Labute approximate surface area is 112 Å². The molecule has 2 nitrogen and oxygen atoms in total. The molecule has 1 saturated carbocycles. The number of aromatic nitrogens is 1. The predicted octanol–water partition coefficient (Wildman–Crippen LogP) is 3.69. The van der Waals surface area contributed by atoms with Crippen molar-refractivity contribution < 1.29 is 0 Å². The summed E-state index contributed by atoms with van der Waals surface area (Å²) in [7, 11) is 0. The Balaban J connectivity index is 1.82. The van der Waals surface area contributed by atoms with Crippen LogP contribution in [0.5, 0.6) is 0 Å².